The quantitative estimate of drug-likeness (QED) is 0.270. The second-order valence-corrected chi connectivity index (χ2v) is 11.9. The van der Waals surface area contributed by atoms with Crippen LogP contribution in [0.15, 0.2) is 70.6 Å². The Bertz CT molecular complexity index is 1550. The second kappa shape index (κ2) is 11.0. The number of nitrogens with zero attached hydrogens (tertiary/aromatic N) is 2. The lowest BCUT2D eigenvalue weighted by Crippen LogP contribution is -2.30. The number of carbonyl (C=O) groups excluding carboxylic acids is 2. The number of carbonyl (C=O) groups is 2. The Kier molecular flexibility index (Phi) is 7.81. The number of nitrogens with one attached hydrogen (secondary N) is 3. The molecule has 37 heavy (non-hydrogen) atoms. The highest BCUT2D eigenvalue weighted by molar-refractivity contribution is 7.92. The third-order valence-electron chi connectivity index (χ3n) is 4.92. The number of benzene rings is 1. The molecule has 0 aliphatic heterocycles. The van der Waals surface area contributed by atoms with Crippen LogP contribution in [0.1, 0.15) is 30.8 Å². The van der Waals surface area contributed by atoms with Gasteiger partial charge in [-0.15, -0.1) is 22.7 Å². The van der Waals surface area contributed by atoms with Crippen molar-refractivity contribution in [1.82, 2.24) is 15.3 Å². The van der Waals surface area contributed by atoms with Crippen molar-refractivity contribution < 1.29 is 18.0 Å². The average Bonchev–Trinajstić information content (AvgIpc) is 3.50. The molecule has 0 aliphatic rings. The molecule has 3 aromatic heterocycles. The van der Waals surface area contributed by atoms with Gasteiger partial charge < -0.3 is 10.6 Å². The maximum absolute atomic E-state index is 13.1. The number of amides is 2. The SMILES string of the molecule is Cc1cc(C)nc(NS(=O)(=O)c2ccc(NC(=O)/C(=C\c3ccc(C)s3)NC(=O)c3cccs3)cc2)n1. The van der Waals surface area contributed by atoms with E-state index >= 15 is 0 Å². The van der Waals surface area contributed by atoms with Crippen molar-refractivity contribution >= 4 is 62.2 Å². The summed E-state index contributed by atoms with van der Waals surface area (Å²) in [5.41, 5.74) is 1.68. The minimum Gasteiger partial charge on any atom is -0.321 e. The number of thiophene rings is 2. The molecule has 0 atom stereocenters. The van der Waals surface area contributed by atoms with Crippen molar-refractivity contribution in [3.05, 3.63) is 91.7 Å². The van der Waals surface area contributed by atoms with Gasteiger partial charge in [-0.3, -0.25) is 9.59 Å². The maximum Gasteiger partial charge on any atom is 0.272 e. The zero-order valence-electron chi connectivity index (χ0n) is 20.1. The number of hydrogen-bond donors (Lipinski definition) is 3. The first-order valence-electron chi connectivity index (χ1n) is 11.0. The molecular formula is C25H23N5O4S3. The van der Waals surface area contributed by atoms with Gasteiger partial charge in [0.2, 0.25) is 5.95 Å². The normalized spacial score (nSPS) is 11.7. The lowest BCUT2D eigenvalue weighted by Gasteiger charge is -2.11. The van der Waals surface area contributed by atoms with E-state index in [4.69, 9.17) is 0 Å². The number of aryl methyl sites for hydroxylation is 3. The van der Waals surface area contributed by atoms with Gasteiger partial charge in [0.15, 0.2) is 0 Å². The van der Waals surface area contributed by atoms with E-state index < -0.39 is 21.8 Å². The first-order valence-corrected chi connectivity index (χ1v) is 14.2. The summed E-state index contributed by atoms with van der Waals surface area (Å²) in [6, 6.07) is 14.6. The summed E-state index contributed by atoms with van der Waals surface area (Å²) >= 11 is 2.75. The Labute approximate surface area is 222 Å². The largest absolute Gasteiger partial charge is 0.321 e. The van der Waals surface area contributed by atoms with Gasteiger partial charge in [0.1, 0.15) is 5.70 Å². The average molecular weight is 554 g/mol. The molecule has 4 rings (SSSR count). The fraction of sp³-hybridized carbons (Fsp3) is 0.120. The molecule has 0 bridgehead atoms. The summed E-state index contributed by atoms with van der Waals surface area (Å²) < 4.78 is 27.9. The van der Waals surface area contributed by atoms with Crippen LogP contribution in [-0.4, -0.2) is 30.2 Å². The van der Waals surface area contributed by atoms with Crippen LogP contribution < -0.4 is 15.4 Å². The highest BCUT2D eigenvalue weighted by atomic mass is 32.2. The predicted octanol–water partition coefficient (Wildman–Crippen LogP) is 4.74. The first kappa shape index (κ1) is 26.2. The molecule has 0 unspecified atom stereocenters. The Balaban J connectivity index is 1.51. The van der Waals surface area contributed by atoms with Crippen LogP contribution in [0.4, 0.5) is 11.6 Å². The van der Waals surface area contributed by atoms with Gasteiger partial charge in [-0.05, 0) is 80.8 Å². The zero-order valence-corrected chi connectivity index (χ0v) is 22.6. The standard InChI is InChI=1S/C25H23N5O4S3/c1-15-13-16(2)27-25(26-15)30-37(33,34)20-10-7-18(8-11-20)28-23(31)21(14-19-9-6-17(3)36-19)29-24(32)22-5-4-12-35-22/h4-14H,1-3H3,(H,28,31)(H,29,32)(H,26,27,30)/b21-14+. The molecular weight excluding hydrogens is 531 g/mol. The molecule has 3 heterocycles. The maximum atomic E-state index is 13.1. The van der Waals surface area contributed by atoms with Crippen LogP contribution in [0.2, 0.25) is 0 Å². The Morgan fingerprint density at radius 1 is 0.946 bits per heavy atom. The van der Waals surface area contributed by atoms with Gasteiger partial charge in [0.05, 0.1) is 9.77 Å². The molecule has 9 nitrogen and oxygen atoms in total. The Morgan fingerprint density at radius 2 is 1.65 bits per heavy atom. The summed E-state index contributed by atoms with van der Waals surface area (Å²) in [4.78, 5) is 36.2. The minimum atomic E-state index is -3.94. The van der Waals surface area contributed by atoms with Crippen molar-refractivity contribution in [1.29, 1.82) is 0 Å². The van der Waals surface area contributed by atoms with E-state index in [0.29, 0.717) is 22.0 Å². The molecule has 0 saturated carbocycles. The van der Waals surface area contributed by atoms with Crippen LogP contribution in [0, 0.1) is 20.8 Å². The van der Waals surface area contributed by atoms with Crippen LogP contribution in [0.3, 0.4) is 0 Å². The summed E-state index contributed by atoms with van der Waals surface area (Å²) in [5, 5.41) is 7.16. The molecule has 3 N–H and O–H groups in total. The van der Waals surface area contributed by atoms with Crippen molar-refractivity contribution in [3.63, 3.8) is 0 Å². The molecule has 1 aromatic carbocycles. The number of hydrogen-bond acceptors (Lipinski definition) is 8. The van der Waals surface area contributed by atoms with E-state index in [1.807, 2.05) is 19.1 Å². The molecule has 0 saturated heterocycles. The molecule has 12 heteroatoms. The second-order valence-electron chi connectivity index (χ2n) is 8.00. The third kappa shape index (κ3) is 6.88. The number of rotatable bonds is 8. The Morgan fingerprint density at radius 3 is 2.24 bits per heavy atom. The molecule has 2 amide bonds. The van der Waals surface area contributed by atoms with Crippen molar-refractivity contribution in [2.24, 2.45) is 0 Å². The van der Waals surface area contributed by atoms with E-state index in [1.165, 1.54) is 46.9 Å². The number of sulfonamides is 1. The highest BCUT2D eigenvalue weighted by Gasteiger charge is 2.18. The minimum absolute atomic E-state index is 0.0186. The van der Waals surface area contributed by atoms with Crippen LogP contribution in [-0.2, 0) is 14.8 Å². The van der Waals surface area contributed by atoms with Gasteiger partial charge in [0.25, 0.3) is 21.8 Å². The van der Waals surface area contributed by atoms with Crippen molar-refractivity contribution in [2.45, 2.75) is 25.7 Å². The van der Waals surface area contributed by atoms with Gasteiger partial charge in [0, 0.05) is 26.8 Å². The fourth-order valence-corrected chi connectivity index (χ4v) is 5.67. The number of aromatic nitrogens is 2. The number of anilines is 2. The van der Waals surface area contributed by atoms with Gasteiger partial charge in [-0.1, -0.05) is 6.07 Å². The van der Waals surface area contributed by atoms with E-state index in [9.17, 15) is 18.0 Å². The van der Waals surface area contributed by atoms with Gasteiger partial charge in [-0.2, -0.15) is 0 Å². The Hall–Kier alpha value is -3.87. The molecule has 0 radical (unpaired) electrons. The lowest BCUT2D eigenvalue weighted by atomic mass is 10.2. The predicted molar refractivity (Wildman–Crippen MR) is 146 cm³/mol. The fourth-order valence-electron chi connectivity index (χ4n) is 3.29. The summed E-state index contributed by atoms with van der Waals surface area (Å²) in [5.74, 6) is -0.964. The summed E-state index contributed by atoms with van der Waals surface area (Å²) in [7, 11) is -3.94. The molecule has 190 valence electrons. The van der Waals surface area contributed by atoms with E-state index in [1.54, 1.807) is 43.5 Å². The molecule has 0 spiro atoms. The molecule has 0 fully saturated rings. The summed E-state index contributed by atoms with van der Waals surface area (Å²) in [6.07, 6.45) is 1.60. The highest BCUT2D eigenvalue weighted by Crippen LogP contribution is 2.21. The first-order chi connectivity index (χ1) is 17.6. The van der Waals surface area contributed by atoms with Gasteiger partial charge >= 0.3 is 0 Å². The third-order valence-corrected chi connectivity index (χ3v) is 8.08. The van der Waals surface area contributed by atoms with Crippen molar-refractivity contribution in [3.8, 4) is 0 Å². The van der Waals surface area contributed by atoms with Gasteiger partial charge in [-0.25, -0.2) is 23.1 Å². The smallest absolute Gasteiger partial charge is 0.272 e. The van der Waals surface area contributed by atoms with Crippen LogP contribution in [0.25, 0.3) is 6.08 Å². The van der Waals surface area contributed by atoms with Crippen LogP contribution >= 0.6 is 22.7 Å². The lowest BCUT2D eigenvalue weighted by molar-refractivity contribution is -0.113. The molecule has 0 aliphatic carbocycles. The zero-order chi connectivity index (χ0) is 26.6. The summed E-state index contributed by atoms with van der Waals surface area (Å²) in [6.45, 7) is 5.44. The van der Waals surface area contributed by atoms with E-state index in [2.05, 4.69) is 25.3 Å². The van der Waals surface area contributed by atoms with E-state index in [0.717, 1.165) is 9.75 Å². The van der Waals surface area contributed by atoms with Crippen LogP contribution in [0.5, 0.6) is 0 Å². The topological polar surface area (TPSA) is 130 Å². The monoisotopic (exact) mass is 553 g/mol. The van der Waals surface area contributed by atoms with Crippen molar-refractivity contribution in [2.75, 3.05) is 10.0 Å². The van der Waals surface area contributed by atoms with E-state index in [-0.39, 0.29) is 16.5 Å². The molecule has 4 aromatic rings.